The Kier molecular flexibility index (Phi) is 3.66. The van der Waals surface area contributed by atoms with Crippen molar-refractivity contribution in [2.75, 3.05) is 26.4 Å². The third kappa shape index (κ3) is 2.39. The van der Waals surface area contributed by atoms with Gasteiger partial charge in [-0.25, -0.2) is 0 Å². The van der Waals surface area contributed by atoms with Gasteiger partial charge in [-0.05, 0) is 55.6 Å². The lowest BCUT2D eigenvalue weighted by Crippen LogP contribution is -2.60. The van der Waals surface area contributed by atoms with E-state index in [9.17, 15) is 4.79 Å². The first-order valence-corrected chi connectivity index (χ1v) is 10.3. The van der Waals surface area contributed by atoms with Crippen LogP contribution in [0, 0.1) is 5.92 Å². The Bertz CT molecular complexity index is 907. The van der Waals surface area contributed by atoms with E-state index in [1.165, 1.54) is 31.5 Å². The Balaban J connectivity index is 1.37. The Labute approximate surface area is 164 Å². The van der Waals surface area contributed by atoms with Gasteiger partial charge in [-0.3, -0.25) is 9.69 Å². The summed E-state index contributed by atoms with van der Waals surface area (Å²) in [4.78, 5) is 18.4. The van der Waals surface area contributed by atoms with Crippen molar-refractivity contribution in [2.45, 2.75) is 30.8 Å². The molecular weight excluding hydrogens is 352 g/mol. The number of nitrogens with zero attached hydrogens (tertiary/aromatic N) is 2. The molecule has 3 atom stereocenters. The second-order valence-electron chi connectivity index (χ2n) is 8.40. The van der Waals surface area contributed by atoms with E-state index in [2.05, 4.69) is 40.1 Å². The predicted octanol–water partition coefficient (Wildman–Crippen LogP) is 3.12. The van der Waals surface area contributed by atoms with Crippen molar-refractivity contribution in [3.63, 3.8) is 0 Å². The molecule has 5 aliphatic rings. The van der Waals surface area contributed by atoms with Gasteiger partial charge in [0.1, 0.15) is 0 Å². The van der Waals surface area contributed by atoms with Gasteiger partial charge in [0.15, 0.2) is 11.5 Å². The van der Waals surface area contributed by atoms with Gasteiger partial charge in [-0.15, -0.1) is 0 Å². The molecule has 0 N–H and O–H groups in total. The third-order valence-corrected chi connectivity index (χ3v) is 7.10. The number of piperidine rings is 3. The largest absolute Gasteiger partial charge is 0.454 e. The fourth-order valence-corrected chi connectivity index (χ4v) is 5.84. The van der Waals surface area contributed by atoms with Crippen LogP contribution in [-0.2, 0) is 0 Å². The van der Waals surface area contributed by atoms with Crippen LogP contribution >= 0.6 is 0 Å². The average Bonchev–Trinajstić information content (AvgIpc) is 3.40. The molecule has 144 valence electrons. The molecule has 5 nitrogen and oxygen atoms in total. The Morgan fingerprint density at radius 3 is 2.54 bits per heavy atom. The van der Waals surface area contributed by atoms with Crippen molar-refractivity contribution in [2.24, 2.45) is 5.92 Å². The van der Waals surface area contributed by atoms with Crippen LogP contribution in [0.1, 0.15) is 34.7 Å². The summed E-state index contributed by atoms with van der Waals surface area (Å²) in [5, 5.41) is 0. The van der Waals surface area contributed by atoms with E-state index in [1.807, 2.05) is 18.2 Å². The second-order valence-corrected chi connectivity index (χ2v) is 8.40. The molecule has 4 saturated heterocycles. The number of carbonyl (C=O) groups is 1. The Morgan fingerprint density at radius 1 is 0.929 bits per heavy atom. The highest BCUT2D eigenvalue weighted by Gasteiger charge is 2.54. The van der Waals surface area contributed by atoms with E-state index in [0.29, 0.717) is 35.2 Å². The summed E-state index contributed by atoms with van der Waals surface area (Å²) in [6, 6.07) is 17.1. The van der Waals surface area contributed by atoms with E-state index in [4.69, 9.17) is 9.47 Å². The van der Waals surface area contributed by atoms with Gasteiger partial charge >= 0.3 is 0 Å². The first-order valence-electron chi connectivity index (χ1n) is 10.3. The molecule has 0 aliphatic carbocycles. The van der Waals surface area contributed by atoms with Crippen LogP contribution in [0.4, 0.5) is 0 Å². The van der Waals surface area contributed by atoms with Crippen LogP contribution < -0.4 is 9.47 Å². The molecule has 0 spiro atoms. The molecule has 7 rings (SSSR count). The quantitative estimate of drug-likeness (QED) is 0.808. The number of likely N-dealkylation sites (tertiary alicyclic amines) is 1. The molecule has 2 bridgehead atoms. The highest BCUT2D eigenvalue weighted by atomic mass is 16.7. The second kappa shape index (κ2) is 6.24. The molecule has 5 heteroatoms. The van der Waals surface area contributed by atoms with Gasteiger partial charge in [-0.1, -0.05) is 30.3 Å². The molecule has 4 fully saturated rings. The highest BCUT2D eigenvalue weighted by Crippen LogP contribution is 2.47. The van der Waals surface area contributed by atoms with Gasteiger partial charge in [0.05, 0.1) is 6.04 Å². The lowest BCUT2D eigenvalue weighted by Gasteiger charge is -2.51. The summed E-state index contributed by atoms with van der Waals surface area (Å²) in [7, 11) is 0. The van der Waals surface area contributed by atoms with Crippen LogP contribution in [0.2, 0.25) is 0 Å². The van der Waals surface area contributed by atoms with Crippen molar-refractivity contribution in [1.82, 2.24) is 9.80 Å². The lowest BCUT2D eigenvalue weighted by molar-refractivity contribution is -0.00341. The number of hydrogen-bond donors (Lipinski definition) is 0. The van der Waals surface area contributed by atoms with E-state index >= 15 is 0 Å². The number of rotatable bonds is 2. The summed E-state index contributed by atoms with van der Waals surface area (Å²) < 4.78 is 10.9. The molecule has 5 heterocycles. The van der Waals surface area contributed by atoms with Crippen molar-refractivity contribution < 1.29 is 14.3 Å². The zero-order valence-electron chi connectivity index (χ0n) is 15.8. The number of carbonyl (C=O) groups excluding carboxylic acids is 1. The van der Waals surface area contributed by atoms with Gasteiger partial charge in [-0.2, -0.15) is 0 Å². The topological polar surface area (TPSA) is 42.0 Å². The standard InChI is InChI=1S/C23H24N2O3/c26-23(17-6-7-19-20(12-17)28-14-27-19)25-13-18(15-4-2-1-3-5-15)22-21(25)16-8-10-24(22)11-9-16/h1-7,12,16,18,21-22H,8-11,13-14H2/t18-,21-,22-/m1/s1. The number of ether oxygens (including phenoxy) is 2. The normalized spacial score (nSPS) is 32.4. The molecule has 1 amide bonds. The monoisotopic (exact) mass is 376 g/mol. The van der Waals surface area contributed by atoms with Crippen LogP contribution in [0.3, 0.4) is 0 Å². The van der Waals surface area contributed by atoms with Crippen LogP contribution in [0.5, 0.6) is 11.5 Å². The van der Waals surface area contributed by atoms with Crippen molar-refractivity contribution in [3.05, 3.63) is 59.7 Å². The summed E-state index contributed by atoms with van der Waals surface area (Å²) in [6.07, 6.45) is 2.40. The van der Waals surface area contributed by atoms with E-state index < -0.39 is 0 Å². The number of benzene rings is 2. The van der Waals surface area contributed by atoms with E-state index in [0.717, 1.165) is 12.3 Å². The van der Waals surface area contributed by atoms with E-state index in [1.54, 1.807) is 0 Å². The van der Waals surface area contributed by atoms with Crippen molar-refractivity contribution in [1.29, 1.82) is 0 Å². The summed E-state index contributed by atoms with van der Waals surface area (Å²) in [6.45, 7) is 3.36. The zero-order valence-corrected chi connectivity index (χ0v) is 15.8. The van der Waals surface area contributed by atoms with Crippen LogP contribution in [0.15, 0.2) is 48.5 Å². The molecule has 5 aliphatic heterocycles. The zero-order chi connectivity index (χ0) is 18.7. The predicted molar refractivity (Wildman–Crippen MR) is 105 cm³/mol. The smallest absolute Gasteiger partial charge is 0.254 e. The molecule has 2 aromatic rings. The Morgan fingerprint density at radius 2 is 1.71 bits per heavy atom. The van der Waals surface area contributed by atoms with Gasteiger partial charge in [0.2, 0.25) is 6.79 Å². The SMILES string of the molecule is O=C(c1ccc2c(c1)OCO2)N1C[C@H](c2ccccc2)[C@@H]2[C@H]1C1CCN2CC1. The van der Waals surface area contributed by atoms with E-state index in [-0.39, 0.29) is 12.7 Å². The lowest BCUT2D eigenvalue weighted by atomic mass is 9.75. The molecular formula is C23H24N2O3. The molecule has 0 radical (unpaired) electrons. The summed E-state index contributed by atoms with van der Waals surface area (Å²) >= 11 is 0. The molecule has 0 unspecified atom stereocenters. The van der Waals surface area contributed by atoms with Crippen LogP contribution in [-0.4, -0.2) is 54.2 Å². The first-order chi connectivity index (χ1) is 13.8. The maximum absolute atomic E-state index is 13.6. The van der Waals surface area contributed by atoms with Gasteiger partial charge in [0, 0.05) is 24.1 Å². The fourth-order valence-electron chi connectivity index (χ4n) is 5.84. The van der Waals surface area contributed by atoms with Gasteiger partial charge in [0.25, 0.3) is 5.91 Å². The fraction of sp³-hybridized carbons (Fsp3) is 0.435. The van der Waals surface area contributed by atoms with Gasteiger partial charge < -0.3 is 14.4 Å². The maximum atomic E-state index is 13.6. The summed E-state index contributed by atoms with van der Waals surface area (Å²) in [5.74, 6) is 2.52. The first kappa shape index (κ1) is 16.4. The number of amides is 1. The third-order valence-electron chi connectivity index (χ3n) is 7.10. The minimum atomic E-state index is 0.125. The van der Waals surface area contributed by atoms with Crippen molar-refractivity contribution >= 4 is 5.91 Å². The Hall–Kier alpha value is -2.53. The average molecular weight is 376 g/mol. The molecule has 0 saturated carbocycles. The molecule has 28 heavy (non-hydrogen) atoms. The molecule has 0 aromatic heterocycles. The number of hydrogen-bond acceptors (Lipinski definition) is 4. The van der Waals surface area contributed by atoms with Crippen LogP contribution in [0.25, 0.3) is 0 Å². The number of fused-ring (bicyclic) bond motifs is 3. The molecule has 2 aromatic carbocycles. The maximum Gasteiger partial charge on any atom is 0.254 e. The minimum absolute atomic E-state index is 0.125. The van der Waals surface area contributed by atoms with Crippen molar-refractivity contribution in [3.8, 4) is 11.5 Å². The minimum Gasteiger partial charge on any atom is -0.454 e. The highest BCUT2D eigenvalue weighted by molar-refractivity contribution is 5.95. The summed E-state index contributed by atoms with van der Waals surface area (Å²) in [5.41, 5.74) is 2.05.